The van der Waals surface area contributed by atoms with Gasteiger partial charge in [0.05, 0.1) is 12.7 Å². The highest BCUT2D eigenvalue weighted by molar-refractivity contribution is 5.88. The SMILES string of the molecule is COc1cccc([C@@H]2C/C(=C\c3cccc(C(=O)O)c3)CC[C@H]2CN(C)C)c1. The molecule has 2 aromatic rings. The molecule has 1 fully saturated rings. The number of carbonyl (C=O) groups is 1. The number of ether oxygens (including phenoxy) is 1. The van der Waals surface area contributed by atoms with Crippen molar-refractivity contribution >= 4 is 12.0 Å². The predicted molar refractivity (Wildman–Crippen MR) is 113 cm³/mol. The molecule has 0 aliphatic heterocycles. The largest absolute Gasteiger partial charge is 0.497 e. The van der Waals surface area contributed by atoms with Crippen molar-refractivity contribution in [1.82, 2.24) is 4.90 Å². The average Bonchev–Trinajstić information content (AvgIpc) is 2.69. The monoisotopic (exact) mass is 379 g/mol. The zero-order chi connectivity index (χ0) is 20.1. The van der Waals surface area contributed by atoms with E-state index in [9.17, 15) is 9.90 Å². The van der Waals surface area contributed by atoms with E-state index in [1.807, 2.05) is 18.2 Å². The van der Waals surface area contributed by atoms with Gasteiger partial charge in [-0.3, -0.25) is 0 Å². The first-order valence-corrected chi connectivity index (χ1v) is 9.77. The van der Waals surface area contributed by atoms with Crippen LogP contribution in [-0.4, -0.2) is 43.7 Å². The summed E-state index contributed by atoms with van der Waals surface area (Å²) in [7, 11) is 5.97. The maximum Gasteiger partial charge on any atom is 0.335 e. The van der Waals surface area contributed by atoms with Crippen molar-refractivity contribution in [2.75, 3.05) is 27.7 Å². The Kier molecular flexibility index (Phi) is 6.53. The van der Waals surface area contributed by atoms with Gasteiger partial charge in [-0.1, -0.05) is 35.9 Å². The minimum absolute atomic E-state index is 0.333. The van der Waals surface area contributed by atoms with Gasteiger partial charge in [-0.25, -0.2) is 4.79 Å². The van der Waals surface area contributed by atoms with Crippen molar-refractivity contribution in [2.45, 2.75) is 25.2 Å². The van der Waals surface area contributed by atoms with Crippen molar-refractivity contribution in [3.63, 3.8) is 0 Å². The smallest absolute Gasteiger partial charge is 0.335 e. The van der Waals surface area contributed by atoms with Gasteiger partial charge < -0.3 is 14.7 Å². The van der Waals surface area contributed by atoms with Crippen LogP contribution < -0.4 is 4.74 Å². The van der Waals surface area contributed by atoms with Crippen LogP contribution >= 0.6 is 0 Å². The van der Waals surface area contributed by atoms with E-state index in [0.717, 1.165) is 37.1 Å². The maximum absolute atomic E-state index is 11.3. The van der Waals surface area contributed by atoms with E-state index < -0.39 is 5.97 Å². The zero-order valence-electron chi connectivity index (χ0n) is 16.9. The highest BCUT2D eigenvalue weighted by Crippen LogP contribution is 2.42. The van der Waals surface area contributed by atoms with Gasteiger partial charge in [0.2, 0.25) is 0 Å². The summed E-state index contributed by atoms with van der Waals surface area (Å²) >= 11 is 0. The lowest BCUT2D eigenvalue weighted by molar-refractivity contribution is 0.0697. The summed E-state index contributed by atoms with van der Waals surface area (Å²) < 4.78 is 5.44. The van der Waals surface area contributed by atoms with Gasteiger partial charge in [0.15, 0.2) is 0 Å². The Labute approximate surface area is 167 Å². The molecule has 1 saturated carbocycles. The van der Waals surface area contributed by atoms with E-state index in [4.69, 9.17) is 4.74 Å². The van der Waals surface area contributed by atoms with Crippen LogP contribution in [0.1, 0.15) is 46.7 Å². The van der Waals surface area contributed by atoms with Crippen molar-refractivity contribution in [2.24, 2.45) is 5.92 Å². The lowest BCUT2D eigenvalue weighted by atomic mass is 9.73. The van der Waals surface area contributed by atoms with Gasteiger partial charge in [0, 0.05) is 6.54 Å². The van der Waals surface area contributed by atoms with Crippen molar-refractivity contribution in [3.8, 4) is 5.75 Å². The number of carboxylic acid groups (broad SMARTS) is 1. The minimum atomic E-state index is -0.885. The number of benzene rings is 2. The number of rotatable bonds is 6. The maximum atomic E-state index is 11.3. The van der Waals surface area contributed by atoms with Crippen LogP contribution in [0.4, 0.5) is 0 Å². The Balaban J connectivity index is 1.88. The van der Waals surface area contributed by atoms with Gasteiger partial charge in [-0.05, 0) is 80.6 Å². The molecule has 1 aliphatic carbocycles. The summed E-state index contributed by atoms with van der Waals surface area (Å²) in [6.45, 7) is 1.06. The molecule has 0 heterocycles. The molecule has 0 unspecified atom stereocenters. The predicted octanol–water partition coefficient (Wildman–Crippen LogP) is 4.92. The molecule has 4 heteroatoms. The first kappa shape index (κ1) is 20.2. The first-order valence-electron chi connectivity index (χ1n) is 9.77. The number of carboxylic acids is 1. The van der Waals surface area contributed by atoms with Crippen LogP contribution in [0, 0.1) is 5.92 Å². The molecule has 0 aromatic heterocycles. The zero-order valence-corrected chi connectivity index (χ0v) is 16.9. The summed E-state index contributed by atoms with van der Waals surface area (Å²) in [5, 5.41) is 9.24. The van der Waals surface area contributed by atoms with Gasteiger partial charge in [0.25, 0.3) is 0 Å². The summed E-state index contributed by atoms with van der Waals surface area (Å²) in [5.41, 5.74) is 3.99. The average molecular weight is 380 g/mol. The quantitative estimate of drug-likeness (QED) is 0.774. The van der Waals surface area contributed by atoms with Crippen molar-refractivity contribution in [3.05, 3.63) is 70.8 Å². The van der Waals surface area contributed by atoms with E-state index in [0.29, 0.717) is 17.4 Å². The van der Waals surface area contributed by atoms with Gasteiger partial charge in [0.1, 0.15) is 5.75 Å². The molecule has 0 saturated heterocycles. The Morgan fingerprint density at radius 2 is 2.00 bits per heavy atom. The molecule has 28 heavy (non-hydrogen) atoms. The summed E-state index contributed by atoms with van der Waals surface area (Å²) in [5.74, 6) is 1.03. The number of hydrogen-bond donors (Lipinski definition) is 1. The summed E-state index contributed by atoms with van der Waals surface area (Å²) in [6.07, 6.45) is 5.34. The number of aromatic carboxylic acids is 1. The molecule has 1 N–H and O–H groups in total. The Morgan fingerprint density at radius 1 is 1.21 bits per heavy atom. The van der Waals surface area contributed by atoms with Gasteiger partial charge in [-0.15, -0.1) is 0 Å². The van der Waals surface area contributed by atoms with Crippen LogP contribution in [0.5, 0.6) is 5.75 Å². The van der Waals surface area contributed by atoms with E-state index in [2.05, 4.69) is 43.3 Å². The molecule has 148 valence electrons. The third-order valence-corrected chi connectivity index (χ3v) is 5.51. The summed E-state index contributed by atoms with van der Waals surface area (Å²) in [6, 6.07) is 15.6. The molecule has 0 radical (unpaired) electrons. The second kappa shape index (κ2) is 9.07. The fourth-order valence-corrected chi connectivity index (χ4v) is 4.20. The number of allylic oxidation sites excluding steroid dienone is 1. The van der Waals surface area contributed by atoms with Crippen LogP contribution in [0.25, 0.3) is 6.08 Å². The molecule has 1 aliphatic rings. The van der Waals surface area contributed by atoms with E-state index in [1.54, 1.807) is 19.2 Å². The normalized spacial score (nSPS) is 21.1. The highest BCUT2D eigenvalue weighted by Gasteiger charge is 2.29. The number of nitrogens with zero attached hydrogens (tertiary/aromatic N) is 1. The summed E-state index contributed by atoms with van der Waals surface area (Å²) in [4.78, 5) is 13.5. The molecule has 4 nitrogen and oxygen atoms in total. The Hall–Kier alpha value is -2.59. The van der Waals surface area contributed by atoms with Crippen LogP contribution in [-0.2, 0) is 0 Å². The first-order chi connectivity index (χ1) is 13.5. The molecule has 3 rings (SSSR count). The highest BCUT2D eigenvalue weighted by atomic mass is 16.5. The Bertz CT molecular complexity index is 856. The number of hydrogen-bond acceptors (Lipinski definition) is 3. The fourth-order valence-electron chi connectivity index (χ4n) is 4.20. The topological polar surface area (TPSA) is 49.8 Å². The third-order valence-electron chi connectivity index (χ3n) is 5.51. The molecular formula is C24H29NO3. The molecule has 0 bridgehead atoms. The minimum Gasteiger partial charge on any atom is -0.497 e. The fraction of sp³-hybridized carbons (Fsp3) is 0.375. The molecule has 0 spiro atoms. The number of methoxy groups -OCH3 is 1. The lowest BCUT2D eigenvalue weighted by Gasteiger charge is -2.35. The molecular weight excluding hydrogens is 350 g/mol. The Morgan fingerprint density at radius 3 is 2.71 bits per heavy atom. The molecule has 2 aromatic carbocycles. The van der Waals surface area contributed by atoms with Crippen LogP contribution in [0.2, 0.25) is 0 Å². The van der Waals surface area contributed by atoms with Crippen LogP contribution in [0.15, 0.2) is 54.1 Å². The van der Waals surface area contributed by atoms with Crippen molar-refractivity contribution < 1.29 is 14.6 Å². The molecule has 0 amide bonds. The van der Waals surface area contributed by atoms with E-state index in [1.165, 1.54) is 11.1 Å². The van der Waals surface area contributed by atoms with E-state index in [-0.39, 0.29) is 0 Å². The molecule has 2 atom stereocenters. The second-order valence-electron chi connectivity index (χ2n) is 7.88. The second-order valence-corrected chi connectivity index (χ2v) is 7.88. The van der Waals surface area contributed by atoms with Crippen molar-refractivity contribution in [1.29, 1.82) is 0 Å². The van der Waals surface area contributed by atoms with Gasteiger partial charge in [-0.2, -0.15) is 0 Å². The van der Waals surface area contributed by atoms with E-state index >= 15 is 0 Å². The van der Waals surface area contributed by atoms with Crippen LogP contribution in [0.3, 0.4) is 0 Å². The standard InChI is InChI=1S/C24H29NO3/c1-25(2)16-21-11-10-18(12-17-6-4-8-20(13-17)24(26)27)14-23(21)19-7-5-9-22(15-19)28-3/h4-9,12-13,15,21,23H,10-11,14,16H2,1-3H3,(H,26,27)/b18-12-/t21-,23-/m0/s1. The lowest BCUT2D eigenvalue weighted by Crippen LogP contribution is -2.29. The third kappa shape index (κ3) is 5.02. The van der Waals surface area contributed by atoms with Gasteiger partial charge >= 0.3 is 5.97 Å².